The van der Waals surface area contributed by atoms with Gasteiger partial charge < -0.3 is 9.47 Å². The molecule has 5 nitrogen and oxygen atoms in total. The molecular formula is C16H15F2NO4S. The maximum Gasteiger partial charge on any atom is 0.241 e. The molecule has 1 atom stereocenters. The molecule has 0 saturated heterocycles. The molecule has 2 aromatic rings. The summed E-state index contributed by atoms with van der Waals surface area (Å²) in [6.45, 7) is 2.53. The van der Waals surface area contributed by atoms with E-state index in [1.54, 1.807) is 25.1 Å². The van der Waals surface area contributed by atoms with Crippen molar-refractivity contribution in [2.45, 2.75) is 17.9 Å². The van der Waals surface area contributed by atoms with Crippen LogP contribution in [0.25, 0.3) is 0 Å². The van der Waals surface area contributed by atoms with Gasteiger partial charge in [-0.15, -0.1) is 0 Å². The Morgan fingerprint density at radius 1 is 1.00 bits per heavy atom. The molecular weight excluding hydrogens is 340 g/mol. The fraction of sp³-hybridized carbons (Fsp3) is 0.250. The molecule has 0 amide bonds. The Balaban J connectivity index is 1.82. The van der Waals surface area contributed by atoms with Crippen LogP contribution in [0.3, 0.4) is 0 Å². The van der Waals surface area contributed by atoms with E-state index in [4.69, 9.17) is 9.47 Å². The van der Waals surface area contributed by atoms with Gasteiger partial charge in [0.25, 0.3) is 0 Å². The van der Waals surface area contributed by atoms with E-state index in [9.17, 15) is 17.2 Å². The van der Waals surface area contributed by atoms with Crippen LogP contribution >= 0.6 is 0 Å². The van der Waals surface area contributed by atoms with Gasteiger partial charge in [-0.1, -0.05) is 6.07 Å². The van der Waals surface area contributed by atoms with E-state index in [0.29, 0.717) is 36.3 Å². The lowest BCUT2D eigenvalue weighted by Crippen LogP contribution is -2.27. The standard InChI is InChI=1S/C16H15F2NO4S/c1-10(11-2-5-15-16(8-11)23-7-6-22-15)19-24(20,21)12-3-4-13(17)14(18)9-12/h2-5,8-10,19H,6-7H2,1H3/t10-/m0/s1. The number of hydrogen-bond acceptors (Lipinski definition) is 4. The van der Waals surface area contributed by atoms with Crippen molar-refractivity contribution in [3.8, 4) is 11.5 Å². The quantitative estimate of drug-likeness (QED) is 0.916. The fourth-order valence-corrected chi connectivity index (χ4v) is 3.59. The minimum absolute atomic E-state index is 0.342. The summed E-state index contributed by atoms with van der Waals surface area (Å²) in [5.41, 5.74) is 0.658. The van der Waals surface area contributed by atoms with Crippen molar-refractivity contribution in [1.29, 1.82) is 0 Å². The highest BCUT2D eigenvalue weighted by Crippen LogP contribution is 2.33. The SMILES string of the molecule is C[C@H](NS(=O)(=O)c1ccc(F)c(F)c1)c1ccc2c(c1)OCCO2. The first kappa shape index (κ1) is 16.7. The first-order chi connectivity index (χ1) is 11.4. The molecule has 2 aromatic carbocycles. The van der Waals surface area contributed by atoms with Gasteiger partial charge in [0.05, 0.1) is 4.90 Å². The zero-order valence-corrected chi connectivity index (χ0v) is 13.6. The summed E-state index contributed by atoms with van der Waals surface area (Å²) >= 11 is 0. The number of benzene rings is 2. The smallest absolute Gasteiger partial charge is 0.241 e. The van der Waals surface area contributed by atoms with Crippen LogP contribution in [0.2, 0.25) is 0 Å². The van der Waals surface area contributed by atoms with Crippen molar-refractivity contribution in [2.75, 3.05) is 13.2 Å². The predicted octanol–water partition coefficient (Wildman–Crippen LogP) is 2.78. The Kier molecular flexibility index (Phi) is 4.42. The molecule has 24 heavy (non-hydrogen) atoms. The third-order valence-corrected chi connectivity index (χ3v) is 5.14. The van der Waals surface area contributed by atoms with Crippen LogP contribution in [-0.4, -0.2) is 21.6 Å². The minimum Gasteiger partial charge on any atom is -0.486 e. The second kappa shape index (κ2) is 6.37. The van der Waals surface area contributed by atoms with Crippen LogP contribution < -0.4 is 14.2 Å². The molecule has 0 unspecified atom stereocenters. The number of fused-ring (bicyclic) bond motifs is 1. The van der Waals surface area contributed by atoms with Crippen LogP contribution in [-0.2, 0) is 10.0 Å². The third-order valence-electron chi connectivity index (χ3n) is 3.60. The molecule has 3 rings (SSSR count). The molecule has 0 radical (unpaired) electrons. The number of hydrogen-bond donors (Lipinski definition) is 1. The summed E-state index contributed by atoms with van der Waals surface area (Å²) in [5.74, 6) is -1.18. The van der Waals surface area contributed by atoms with Crippen LogP contribution in [0.5, 0.6) is 11.5 Å². The van der Waals surface area contributed by atoms with Crippen LogP contribution in [0.4, 0.5) is 8.78 Å². The first-order valence-electron chi connectivity index (χ1n) is 7.24. The summed E-state index contributed by atoms with van der Waals surface area (Å²) in [6, 6.07) is 6.94. The van der Waals surface area contributed by atoms with Gasteiger partial charge in [0, 0.05) is 6.04 Å². The van der Waals surface area contributed by atoms with Crippen LogP contribution in [0.1, 0.15) is 18.5 Å². The maximum atomic E-state index is 13.3. The average Bonchev–Trinajstić information content (AvgIpc) is 2.56. The Labute approximate surface area is 138 Å². The van der Waals surface area contributed by atoms with Gasteiger partial charge in [-0.3, -0.25) is 0 Å². The third kappa shape index (κ3) is 3.34. The van der Waals surface area contributed by atoms with Crippen molar-refractivity contribution in [3.63, 3.8) is 0 Å². The van der Waals surface area contributed by atoms with Crippen molar-refractivity contribution in [2.24, 2.45) is 0 Å². The summed E-state index contributed by atoms with van der Waals surface area (Å²) in [7, 11) is -4.00. The topological polar surface area (TPSA) is 64.6 Å². The van der Waals surface area contributed by atoms with E-state index in [-0.39, 0.29) is 4.90 Å². The van der Waals surface area contributed by atoms with E-state index < -0.39 is 27.7 Å². The number of halogens is 2. The monoisotopic (exact) mass is 355 g/mol. The lowest BCUT2D eigenvalue weighted by molar-refractivity contribution is 0.171. The van der Waals surface area contributed by atoms with Gasteiger partial charge in [-0.05, 0) is 42.8 Å². The van der Waals surface area contributed by atoms with Crippen LogP contribution in [0, 0.1) is 11.6 Å². The molecule has 1 N–H and O–H groups in total. The van der Waals surface area contributed by atoms with E-state index in [1.165, 1.54) is 0 Å². The zero-order chi connectivity index (χ0) is 17.3. The van der Waals surface area contributed by atoms with Gasteiger partial charge in [0.15, 0.2) is 23.1 Å². The molecule has 1 heterocycles. The van der Waals surface area contributed by atoms with E-state index in [0.717, 1.165) is 12.1 Å². The Morgan fingerprint density at radius 3 is 2.42 bits per heavy atom. The molecule has 0 aliphatic carbocycles. The largest absolute Gasteiger partial charge is 0.486 e. The summed E-state index contributed by atoms with van der Waals surface area (Å²) < 4.78 is 64.1. The Hall–Kier alpha value is -2.19. The van der Waals surface area contributed by atoms with Crippen LogP contribution in [0.15, 0.2) is 41.3 Å². The highest BCUT2D eigenvalue weighted by Gasteiger charge is 2.21. The molecule has 0 aromatic heterocycles. The van der Waals surface area contributed by atoms with Crippen molar-refractivity contribution < 1.29 is 26.7 Å². The number of sulfonamides is 1. The molecule has 0 saturated carbocycles. The number of nitrogens with one attached hydrogen (secondary N) is 1. The van der Waals surface area contributed by atoms with E-state index in [2.05, 4.69) is 4.72 Å². The maximum absolute atomic E-state index is 13.3. The van der Waals surface area contributed by atoms with E-state index >= 15 is 0 Å². The van der Waals surface area contributed by atoms with Crippen molar-refractivity contribution in [1.82, 2.24) is 4.72 Å². The van der Waals surface area contributed by atoms with Gasteiger partial charge in [0.1, 0.15) is 13.2 Å². The van der Waals surface area contributed by atoms with Gasteiger partial charge >= 0.3 is 0 Å². The first-order valence-corrected chi connectivity index (χ1v) is 8.72. The van der Waals surface area contributed by atoms with E-state index in [1.807, 2.05) is 0 Å². The average molecular weight is 355 g/mol. The minimum atomic E-state index is -4.00. The summed E-state index contributed by atoms with van der Waals surface area (Å²) in [6.07, 6.45) is 0. The molecule has 0 bridgehead atoms. The zero-order valence-electron chi connectivity index (χ0n) is 12.8. The lowest BCUT2D eigenvalue weighted by Gasteiger charge is -2.21. The molecule has 128 valence electrons. The fourth-order valence-electron chi connectivity index (χ4n) is 2.34. The normalized spacial score (nSPS) is 15.1. The van der Waals surface area contributed by atoms with Gasteiger partial charge in [-0.25, -0.2) is 21.9 Å². The molecule has 0 fully saturated rings. The summed E-state index contributed by atoms with van der Waals surface area (Å²) in [5, 5.41) is 0. The van der Waals surface area contributed by atoms with Gasteiger partial charge in [-0.2, -0.15) is 0 Å². The molecule has 1 aliphatic rings. The van der Waals surface area contributed by atoms with Gasteiger partial charge in [0.2, 0.25) is 10.0 Å². The second-order valence-corrected chi connectivity index (χ2v) is 7.04. The molecule has 1 aliphatic heterocycles. The number of rotatable bonds is 4. The second-order valence-electron chi connectivity index (χ2n) is 5.32. The Morgan fingerprint density at radius 2 is 1.71 bits per heavy atom. The summed E-state index contributed by atoms with van der Waals surface area (Å²) in [4.78, 5) is -0.342. The molecule has 8 heteroatoms. The number of ether oxygens (including phenoxy) is 2. The van der Waals surface area contributed by atoms with Crippen molar-refractivity contribution in [3.05, 3.63) is 53.6 Å². The highest BCUT2D eigenvalue weighted by molar-refractivity contribution is 7.89. The molecule has 0 spiro atoms. The highest BCUT2D eigenvalue weighted by atomic mass is 32.2. The predicted molar refractivity (Wildman–Crippen MR) is 82.5 cm³/mol. The Bertz CT molecular complexity index is 870. The lowest BCUT2D eigenvalue weighted by atomic mass is 10.1. The van der Waals surface area contributed by atoms with Crippen molar-refractivity contribution >= 4 is 10.0 Å².